The van der Waals surface area contributed by atoms with Crippen LogP contribution >= 0.6 is 11.6 Å². The molecule has 1 amide bonds. The number of benzene rings is 1. The number of hydrogen-bond donors (Lipinski definition) is 1. The fourth-order valence-electron chi connectivity index (χ4n) is 2.09. The van der Waals surface area contributed by atoms with Gasteiger partial charge in [-0.25, -0.2) is 9.97 Å². The average molecular weight is 312 g/mol. The van der Waals surface area contributed by atoms with Crippen molar-refractivity contribution in [1.82, 2.24) is 19.7 Å². The molecular weight excluding hydrogens is 302 g/mol. The minimum absolute atomic E-state index is 0.162. The zero-order chi connectivity index (χ0) is 15.5. The van der Waals surface area contributed by atoms with Gasteiger partial charge in [-0.2, -0.15) is 5.26 Å². The third kappa shape index (κ3) is 2.62. The van der Waals surface area contributed by atoms with Gasteiger partial charge in [0.05, 0.1) is 6.07 Å². The molecule has 22 heavy (non-hydrogen) atoms. The van der Waals surface area contributed by atoms with E-state index in [1.807, 2.05) is 6.07 Å². The van der Waals surface area contributed by atoms with Crippen LogP contribution in [0.3, 0.4) is 0 Å². The molecule has 0 fully saturated rings. The number of nitrogens with zero attached hydrogens (tertiary/aromatic N) is 4. The molecular formula is C15H10ClN5O. The molecule has 1 atom stereocenters. The summed E-state index contributed by atoms with van der Waals surface area (Å²) in [6.45, 7) is 0. The van der Waals surface area contributed by atoms with Crippen molar-refractivity contribution >= 4 is 23.2 Å². The summed E-state index contributed by atoms with van der Waals surface area (Å²) in [5.41, 5.74) is 1.20. The van der Waals surface area contributed by atoms with Crippen molar-refractivity contribution in [2.75, 3.05) is 0 Å². The van der Waals surface area contributed by atoms with Gasteiger partial charge < -0.3 is 9.72 Å². The highest BCUT2D eigenvalue weighted by molar-refractivity contribution is 6.30. The van der Waals surface area contributed by atoms with Crippen LogP contribution in [0.4, 0.5) is 0 Å². The molecule has 1 unspecified atom stereocenters. The van der Waals surface area contributed by atoms with Gasteiger partial charge >= 0.3 is 0 Å². The first-order chi connectivity index (χ1) is 10.7. The van der Waals surface area contributed by atoms with Crippen LogP contribution in [0.25, 0.3) is 5.65 Å². The second-order valence-corrected chi connectivity index (χ2v) is 4.96. The summed E-state index contributed by atoms with van der Waals surface area (Å²) in [7, 11) is 0. The van der Waals surface area contributed by atoms with E-state index in [4.69, 9.17) is 11.6 Å². The highest BCUT2D eigenvalue weighted by Gasteiger charge is 2.19. The second-order valence-electron chi connectivity index (χ2n) is 4.52. The maximum Gasteiger partial charge on any atom is 0.275 e. The van der Waals surface area contributed by atoms with Gasteiger partial charge in [-0.15, -0.1) is 0 Å². The van der Waals surface area contributed by atoms with Crippen LogP contribution < -0.4 is 5.32 Å². The number of halogens is 1. The molecule has 0 saturated carbocycles. The van der Waals surface area contributed by atoms with Crippen LogP contribution in [0.5, 0.6) is 0 Å². The summed E-state index contributed by atoms with van der Waals surface area (Å²) in [4.78, 5) is 20.5. The summed E-state index contributed by atoms with van der Waals surface area (Å²) < 4.78 is 1.68. The van der Waals surface area contributed by atoms with E-state index in [-0.39, 0.29) is 5.69 Å². The van der Waals surface area contributed by atoms with E-state index in [1.165, 1.54) is 6.20 Å². The van der Waals surface area contributed by atoms with E-state index in [9.17, 15) is 10.1 Å². The molecule has 0 aliphatic rings. The highest BCUT2D eigenvalue weighted by Crippen LogP contribution is 2.18. The Hall–Kier alpha value is -2.91. The number of rotatable bonds is 3. The van der Waals surface area contributed by atoms with Crippen LogP contribution in [0.2, 0.25) is 5.02 Å². The smallest absolute Gasteiger partial charge is 0.275 e. The predicted molar refractivity (Wildman–Crippen MR) is 80.3 cm³/mol. The molecule has 0 radical (unpaired) electrons. The third-order valence-electron chi connectivity index (χ3n) is 3.11. The largest absolute Gasteiger partial charge is 0.331 e. The Morgan fingerprint density at radius 2 is 2.09 bits per heavy atom. The zero-order valence-corrected chi connectivity index (χ0v) is 12.0. The molecule has 0 aliphatic heterocycles. The summed E-state index contributed by atoms with van der Waals surface area (Å²) in [5.74, 6) is -0.469. The maximum atomic E-state index is 12.4. The SMILES string of the molecule is N#CC(NC(=O)c1nccn2ccnc12)c1cccc(Cl)c1. The Kier molecular flexibility index (Phi) is 3.73. The Labute approximate surface area is 131 Å². The standard InChI is InChI=1S/C15H10ClN5O/c16-11-3-1-2-10(8-11)12(9-17)20-15(22)13-14-19-5-7-21(14)6-4-18-13/h1-8,12H,(H,20,22). The molecule has 3 aromatic rings. The molecule has 1 aromatic carbocycles. The molecule has 1 N–H and O–H groups in total. The van der Waals surface area contributed by atoms with Gasteiger partial charge in [-0.3, -0.25) is 4.79 Å². The second kappa shape index (κ2) is 5.84. The average Bonchev–Trinajstić information content (AvgIpc) is 3.00. The lowest BCUT2D eigenvalue weighted by atomic mass is 10.1. The van der Waals surface area contributed by atoms with Crippen molar-refractivity contribution in [2.24, 2.45) is 0 Å². The van der Waals surface area contributed by atoms with Crippen molar-refractivity contribution in [3.05, 3.63) is 65.3 Å². The van der Waals surface area contributed by atoms with Gasteiger partial charge in [0, 0.05) is 29.8 Å². The van der Waals surface area contributed by atoms with E-state index < -0.39 is 11.9 Å². The van der Waals surface area contributed by atoms with E-state index in [2.05, 4.69) is 15.3 Å². The Morgan fingerprint density at radius 1 is 1.32 bits per heavy atom. The van der Waals surface area contributed by atoms with Crippen LogP contribution in [0.15, 0.2) is 49.1 Å². The van der Waals surface area contributed by atoms with Crippen molar-refractivity contribution in [1.29, 1.82) is 5.26 Å². The number of aromatic nitrogens is 3. The maximum absolute atomic E-state index is 12.4. The Balaban J connectivity index is 1.90. The van der Waals surface area contributed by atoms with Gasteiger partial charge in [-0.05, 0) is 17.7 Å². The van der Waals surface area contributed by atoms with Crippen molar-refractivity contribution < 1.29 is 4.79 Å². The summed E-state index contributed by atoms with van der Waals surface area (Å²) in [6.07, 6.45) is 6.49. The van der Waals surface area contributed by atoms with E-state index in [1.54, 1.807) is 47.3 Å². The summed E-state index contributed by atoms with van der Waals surface area (Å²) in [5, 5.41) is 12.4. The Morgan fingerprint density at radius 3 is 2.82 bits per heavy atom. The molecule has 2 aromatic heterocycles. The van der Waals surface area contributed by atoms with Gasteiger partial charge in [0.2, 0.25) is 0 Å². The van der Waals surface area contributed by atoms with Crippen LogP contribution in [0.1, 0.15) is 22.1 Å². The van der Waals surface area contributed by atoms with Crippen molar-refractivity contribution in [3.63, 3.8) is 0 Å². The molecule has 7 heteroatoms. The topological polar surface area (TPSA) is 83.1 Å². The molecule has 108 valence electrons. The first-order valence-electron chi connectivity index (χ1n) is 6.42. The summed E-state index contributed by atoms with van der Waals surface area (Å²) in [6, 6.07) is 8.02. The van der Waals surface area contributed by atoms with Gasteiger partial charge in [0.25, 0.3) is 5.91 Å². The monoisotopic (exact) mass is 311 g/mol. The lowest BCUT2D eigenvalue weighted by Crippen LogP contribution is -2.28. The first kappa shape index (κ1) is 14.0. The number of carbonyl (C=O) groups excluding carboxylic acids is 1. The molecule has 0 spiro atoms. The number of fused-ring (bicyclic) bond motifs is 1. The summed E-state index contributed by atoms with van der Waals surface area (Å²) >= 11 is 5.92. The Bertz CT molecular complexity index is 883. The van der Waals surface area contributed by atoms with Gasteiger partial charge in [0.1, 0.15) is 6.04 Å². The number of nitriles is 1. The number of imidazole rings is 1. The van der Waals surface area contributed by atoms with Crippen LogP contribution in [0, 0.1) is 11.3 Å². The van der Waals surface area contributed by atoms with Crippen molar-refractivity contribution in [3.8, 4) is 6.07 Å². The van der Waals surface area contributed by atoms with E-state index in [0.717, 1.165) is 0 Å². The molecule has 0 aliphatic carbocycles. The van der Waals surface area contributed by atoms with Crippen molar-refractivity contribution in [2.45, 2.75) is 6.04 Å². The minimum Gasteiger partial charge on any atom is -0.331 e. The molecule has 0 saturated heterocycles. The number of hydrogen-bond acceptors (Lipinski definition) is 4. The van der Waals surface area contributed by atoms with Gasteiger partial charge in [-0.1, -0.05) is 23.7 Å². The lowest BCUT2D eigenvalue weighted by molar-refractivity contribution is 0.0941. The predicted octanol–water partition coefficient (Wildman–Crippen LogP) is 2.38. The van der Waals surface area contributed by atoms with Crippen LogP contribution in [-0.2, 0) is 0 Å². The van der Waals surface area contributed by atoms with E-state index in [0.29, 0.717) is 16.2 Å². The van der Waals surface area contributed by atoms with Gasteiger partial charge in [0.15, 0.2) is 11.3 Å². The quantitative estimate of drug-likeness (QED) is 0.805. The van der Waals surface area contributed by atoms with E-state index >= 15 is 0 Å². The lowest BCUT2D eigenvalue weighted by Gasteiger charge is -2.12. The number of carbonyl (C=O) groups is 1. The molecule has 0 bridgehead atoms. The fraction of sp³-hybridized carbons (Fsp3) is 0.0667. The number of nitrogens with one attached hydrogen (secondary N) is 1. The highest BCUT2D eigenvalue weighted by atomic mass is 35.5. The third-order valence-corrected chi connectivity index (χ3v) is 3.35. The molecule has 6 nitrogen and oxygen atoms in total. The molecule has 2 heterocycles. The first-order valence-corrected chi connectivity index (χ1v) is 6.80. The zero-order valence-electron chi connectivity index (χ0n) is 11.3. The molecule has 3 rings (SSSR count). The van der Waals surface area contributed by atoms with Crippen LogP contribution in [-0.4, -0.2) is 20.3 Å². The minimum atomic E-state index is -0.816. The number of amides is 1. The fourth-order valence-corrected chi connectivity index (χ4v) is 2.29. The normalized spacial score (nSPS) is 11.8.